The highest BCUT2D eigenvalue weighted by atomic mass is 35.5. The van der Waals surface area contributed by atoms with Gasteiger partial charge in [0.05, 0.1) is 5.02 Å². The number of hydrogen-bond donors (Lipinski definition) is 2. The molecule has 5 heteroatoms. The smallest absolute Gasteiger partial charge is 0.251 e. The topological polar surface area (TPSA) is 41.1 Å². The summed E-state index contributed by atoms with van der Waals surface area (Å²) in [5.41, 5.74) is 0.359. The summed E-state index contributed by atoms with van der Waals surface area (Å²) in [4.78, 5) is 11.5. The third-order valence-electron chi connectivity index (χ3n) is 1.84. The maximum absolute atomic E-state index is 12.8. The van der Waals surface area contributed by atoms with Gasteiger partial charge in [-0.3, -0.25) is 4.79 Å². The number of nitrogens with one attached hydrogen (secondary N) is 2. The Morgan fingerprint density at radius 2 is 2.20 bits per heavy atom. The van der Waals surface area contributed by atoms with Crippen molar-refractivity contribution in [3.63, 3.8) is 0 Å². The molecule has 0 saturated carbocycles. The zero-order valence-corrected chi connectivity index (χ0v) is 9.07. The van der Waals surface area contributed by atoms with Gasteiger partial charge in [-0.2, -0.15) is 0 Å². The Labute approximate surface area is 92.6 Å². The first kappa shape index (κ1) is 11.9. The standard InChI is InChI=1S/C10H12ClFN2O/c1-13-4-5-14-10(15)7-2-3-9(12)8(11)6-7/h2-3,6,13H,4-5H2,1H3,(H,14,15). The number of halogens is 2. The number of carbonyl (C=O) groups excluding carboxylic acids is 1. The van der Waals surface area contributed by atoms with E-state index < -0.39 is 5.82 Å². The van der Waals surface area contributed by atoms with Gasteiger partial charge in [-0.15, -0.1) is 0 Å². The molecule has 0 saturated heterocycles. The molecule has 0 bridgehead atoms. The number of amides is 1. The first-order valence-corrected chi connectivity index (χ1v) is 4.91. The molecule has 0 aromatic heterocycles. The lowest BCUT2D eigenvalue weighted by molar-refractivity contribution is 0.0954. The molecule has 1 rings (SSSR count). The molecule has 0 fully saturated rings. The van der Waals surface area contributed by atoms with Gasteiger partial charge in [-0.05, 0) is 25.2 Å². The van der Waals surface area contributed by atoms with Gasteiger partial charge in [0, 0.05) is 18.7 Å². The Kier molecular flexibility index (Phi) is 4.52. The summed E-state index contributed by atoms with van der Waals surface area (Å²) in [5, 5.41) is 5.51. The first-order valence-electron chi connectivity index (χ1n) is 4.53. The zero-order valence-electron chi connectivity index (χ0n) is 8.31. The first-order chi connectivity index (χ1) is 7.15. The van der Waals surface area contributed by atoms with Gasteiger partial charge < -0.3 is 10.6 Å². The van der Waals surface area contributed by atoms with Crippen molar-refractivity contribution in [2.45, 2.75) is 0 Å². The van der Waals surface area contributed by atoms with Crippen LogP contribution in [0.3, 0.4) is 0 Å². The molecule has 0 aliphatic carbocycles. The predicted molar refractivity (Wildman–Crippen MR) is 57.7 cm³/mol. The van der Waals surface area contributed by atoms with Crippen molar-refractivity contribution in [2.75, 3.05) is 20.1 Å². The average molecular weight is 231 g/mol. The monoisotopic (exact) mass is 230 g/mol. The van der Waals surface area contributed by atoms with Crippen LogP contribution < -0.4 is 10.6 Å². The van der Waals surface area contributed by atoms with Gasteiger partial charge in [-0.25, -0.2) is 4.39 Å². The van der Waals surface area contributed by atoms with E-state index in [1.54, 1.807) is 7.05 Å². The van der Waals surface area contributed by atoms with Crippen LogP contribution in [0, 0.1) is 5.82 Å². The Bertz CT molecular complexity index is 357. The second kappa shape index (κ2) is 5.68. The third-order valence-corrected chi connectivity index (χ3v) is 2.13. The number of carbonyl (C=O) groups is 1. The summed E-state index contributed by atoms with van der Waals surface area (Å²) < 4.78 is 12.8. The van der Waals surface area contributed by atoms with Crippen LogP contribution in [0.4, 0.5) is 4.39 Å². The fourth-order valence-corrected chi connectivity index (χ4v) is 1.22. The average Bonchev–Trinajstić information content (AvgIpc) is 2.22. The quantitative estimate of drug-likeness (QED) is 0.769. The van der Waals surface area contributed by atoms with Crippen LogP contribution >= 0.6 is 11.6 Å². The van der Waals surface area contributed by atoms with Crippen LogP contribution in [0.25, 0.3) is 0 Å². The molecule has 0 aliphatic rings. The van der Waals surface area contributed by atoms with Crippen molar-refractivity contribution in [3.05, 3.63) is 34.6 Å². The number of hydrogen-bond acceptors (Lipinski definition) is 2. The van der Waals surface area contributed by atoms with Gasteiger partial charge >= 0.3 is 0 Å². The summed E-state index contributed by atoms with van der Waals surface area (Å²) >= 11 is 5.55. The molecule has 0 unspecified atom stereocenters. The minimum absolute atomic E-state index is 0.0451. The highest BCUT2D eigenvalue weighted by Crippen LogP contribution is 2.15. The Morgan fingerprint density at radius 3 is 2.80 bits per heavy atom. The van der Waals surface area contributed by atoms with Crippen LogP contribution in [0.15, 0.2) is 18.2 Å². The van der Waals surface area contributed by atoms with Crippen molar-refractivity contribution in [1.82, 2.24) is 10.6 Å². The summed E-state index contributed by atoms with van der Waals surface area (Å²) in [7, 11) is 1.79. The van der Waals surface area contributed by atoms with Crippen LogP contribution in [-0.2, 0) is 0 Å². The van der Waals surface area contributed by atoms with Crippen LogP contribution in [0.5, 0.6) is 0 Å². The summed E-state index contributed by atoms with van der Waals surface area (Å²) in [6.45, 7) is 1.20. The van der Waals surface area contributed by atoms with Gasteiger partial charge in [0.1, 0.15) is 5.82 Å². The summed E-state index contributed by atoms with van der Waals surface area (Å²) in [6, 6.07) is 3.89. The SMILES string of the molecule is CNCCNC(=O)c1ccc(F)c(Cl)c1. The Balaban J connectivity index is 2.62. The van der Waals surface area contributed by atoms with E-state index in [1.807, 2.05) is 0 Å². The highest BCUT2D eigenvalue weighted by Gasteiger charge is 2.07. The van der Waals surface area contributed by atoms with Crippen LogP contribution in [0.2, 0.25) is 5.02 Å². The van der Waals surface area contributed by atoms with E-state index in [0.717, 1.165) is 0 Å². The van der Waals surface area contributed by atoms with Gasteiger partial charge in [0.25, 0.3) is 5.91 Å². The molecule has 0 aliphatic heterocycles. The molecule has 0 radical (unpaired) electrons. The second-order valence-corrected chi connectivity index (χ2v) is 3.40. The van der Waals surface area contributed by atoms with E-state index in [4.69, 9.17) is 11.6 Å². The van der Waals surface area contributed by atoms with E-state index >= 15 is 0 Å². The van der Waals surface area contributed by atoms with Gasteiger partial charge in [-0.1, -0.05) is 11.6 Å². The molecule has 1 aromatic rings. The molecule has 0 heterocycles. The Morgan fingerprint density at radius 1 is 1.47 bits per heavy atom. The molecule has 0 atom stereocenters. The van der Waals surface area contributed by atoms with Crippen molar-refractivity contribution < 1.29 is 9.18 Å². The normalized spacial score (nSPS) is 10.1. The molecule has 82 valence electrons. The van der Waals surface area contributed by atoms with E-state index in [1.165, 1.54) is 18.2 Å². The molecule has 15 heavy (non-hydrogen) atoms. The van der Waals surface area contributed by atoms with Crippen LogP contribution in [0.1, 0.15) is 10.4 Å². The zero-order chi connectivity index (χ0) is 11.3. The third kappa shape index (κ3) is 3.49. The van der Waals surface area contributed by atoms with E-state index in [-0.39, 0.29) is 10.9 Å². The fourth-order valence-electron chi connectivity index (χ4n) is 1.04. The number of benzene rings is 1. The molecule has 1 aromatic carbocycles. The van der Waals surface area contributed by atoms with Gasteiger partial charge in [0.2, 0.25) is 0 Å². The maximum atomic E-state index is 12.8. The minimum Gasteiger partial charge on any atom is -0.351 e. The molecular weight excluding hydrogens is 219 g/mol. The largest absolute Gasteiger partial charge is 0.351 e. The second-order valence-electron chi connectivity index (χ2n) is 2.99. The predicted octanol–water partition coefficient (Wildman–Crippen LogP) is 1.43. The lowest BCUT2D eigenvalue weighted by atomic mass is 10.2. The molecule has 2 N–H and O–H groups in total. The van der Waals surface area contributed by atoms with Crippen molar-refractivity contribution >= 4 is 17.5 Å². The lowest BCUT2D eigenvalue weighted by Gasteiger charge is -2.05. The van der Waals surface area contributed by atoms with Crippen molar-refractivity contribution in [2.24, 2.45) is 0 Å². The number of rotatable bonds is 4. The van der Waals surface area contributed by atoms with Crippen molar-refractivity contribution in [3.8, 4) is 0 Å². The molecular formula is C10H12ClFN2O. The van der Waals surface area contributed by atoms with E-state index in [2.05, 4.69) is 10.6 Å². The number of likely N-dealkylation sites (N-methyl/N-ethyl adjacent to an activating group) is 1. The van der Waals surface area contributed by atoms with Crippen molar-refractivity contribution in [1.29, 1.82) is 0 Å². The summed E-state index contributed by atoms with van der Waals surface area (Å²) in [6.07, 6.45) is 0. The minimum atomic E-state index is -0.525. The Hall–Kier alpha value is -1.13. The lowest BCUT2D eigenvalue weighted by Crippen LogP contribution is -2.30. The maximum Gasteiger partial charge on any atom is 0.251 e. The van der Waals surface area contributed by atoms with E-state index in [9.17, 15) is 9.18 Å². The van der Waals surface area contributed by atoms with Crippen LogP contribution in [-0.4, -0.2) is 26.0 Å². The molecule has 3 nitrogen and oxygen atoms in total. The molecule has 1 amide bonds. The molecule has 0 spiro atoms. The van der Waals surface area contributed by atoms with E-state index in [0.29, 0.717) is 18.7 Å². The summed E-state index contributed by atoms with van der Waals surface area (Å²) in [5.74, 6) is -0.782. The van der Waals surface area contributed by atoms with Gasteiger partial charge in [0.15, 0.2) is 0 Å². The highest BCUT2D eigenvalue weighted by molar-refractivity contribution is 6.31. The fraction of sp³-hybridized carbons (Fsp3) is 0.300.